The van der Waals surface area contributed by atoms with Crippen LogP contribution in [-0.4, -0.2) is 106 Å². The van der Waals surface area contributed by atoms with Gasteiger partial charge in [-0.15, -0.1) is 0 Å². The Kier molecular flexibility index (Phi) is 9.56. The van der Waals surface area contributed by atoms with E-state index in [1.165, 1.54) is 16.7 Å². The molecule has 0 bridgehead atoms. The Labute approximate surface area is 191 Å². The van der Waals surface area contributed by atoms with Gasteiger partial charge in [0.25, 0.3) is 0 Å². The quantitative estimate of drug-likeness (QED) is 0.189. The first-order chi connectivity index (χ1) is 15.6. The molecular formula is C20H34N6O7. The molecule has 0 spiro atoms. The lowest BCUT2D eigenvalue weighted by atomic mass is 10.1. The highest BCUT2D eigenvalue weighted by Gasteiger charge is 2.43. The van der Waals surface area contributed by atoms with Gasteiger partial charge in [0.1, 0.15) is 24.2 Å². The van der Waals surface area contributed by atoms with Gasteiger partial charge in [-0.25, -0.2) is 4.79 Å². The van der Waals surface area contributed by atoms with Crippen molar-refractivity contribution in [1.29, 1.82) is 0 Å². The average molecular weight is 471 g/mol. The maximum Gasteiger partial charge on any atom is 0.326 e. The zero-order valence-electron chi connectivity index (χ0n) is 18.7. The van der Waals surface area contributed by atoms with Gasteiger partial charge in [0.05, 0.1) is 12.6 Å². The Morgan fingerprint density at radius 2 is 1.61 bits per heavy atom. The maximum atomic E-state index is 13.0. The van der Waals surface area contributed by atoms with Gasteiger partial charge in [0.15, 0.2) is 0 Å². The van der Waals surface area contributed by atoms with Crippen LogP contribution in [0, 0.1) is 0 Å². The number of carbonyl (C=O) groups excluding carboxylic acids is 4. The molecule has 0 saturated carbocycles. The average Bonchev–Trinajstić information content (AvgIpc) is 3.46. The molecule has 13 nitrogen and oxygen atoms in total. The zero-order chi connectivity index (χ0) is 24.7. The minimum atomic E-state index is -1.32. The molecule has 5 atom stereocenters. The van der Waals surface area contributed by atoms with Gasteiger partial charge >= 0.3 is 5.97 Å². The van der Waals surface area contributed by atoms with E-state index in [0.717, 1.165) is 0 Å². The molecule has 0 unspecified atom stereocenters. The first kappa shape index (κ1) is 26.5. The SMILES string of the molecule is C[C@H](NC(=O)[C@@H](N)CCN)C(=O)N[C@@H](CO)C(=O)N1CCC[C@@H]1C(=O)N1CCC[C@H]1C(=O)O. The minimum absolute atomic E-state index is 0.205. The monoisotopic (exact) mass is 470 g/mol. The molecule has 13 heteroatoms. The molecule has 0 aliphatic carbocycles. The highest BCUT2D eigenvalue weighted by molar-refractivity contribution is 5.95. The lowest BCUT2D eigenvalue weighted by Crippen LogP contribution is -2.58. The number of rotatable bonds is 10. The number of aliphatic hydroxyl groups is 1. The second kappa shape index (κ2) is 11.9. The van der Waals surface area contributed by atoms with Gasteiger partial charge < -0.3 is 42.1 Å². The van der Waals surface area contributed by atoms with Crippen molar-refractivity contribution in [3.05, 3.63) is 0 Å². The molecule has 0 radical (unpaired) electrons. The summed E-state index contributed by atoms with van der Waals surface area (Å²) in [7, 11) is 0. The highest BCUT2D eigenvalue weighted by Crippen LogP contribution is 2.25. The van der Waals surface area contributed by atoms with Crippen molar-refractivity contribution in [3.8, 4) is 0 Å². The number of nitrogens with zero attached hydrogens (tertiary/aromatic N) is 2. The van der Waals surface area contributed by atoms with E-state index in [2.05, 4.69) is 10.6 Å². The summed E-state index contributed by atoms with van der Waals surface area (Å²) < 4.78 is 0. The molecule has 186 valence electrons. The van der Waals surface area contributed by atoms with Gasteiger partial charge in [-0.2, -0.15) is 0 Å². The van der Waals surface area contributed by atoms with Crippen LogP contribution in [-0.2, 0) is 24.0 Å². The number of carbonyl (C=O) groups is 5. The predicted octanol–water partition coefficient (Wildman–Crippen LogP) is -3.29. The van der Waals surface area contributed by atoms with Crippen LogP contribution in [0.2, 0.25) is 0 Å². The topological polar surface area (TPSA) is 208 Å². The number of hydrogen-bond donors (Lipinski definition) is 6. The molecule has 0 aromatic rings. The van der Waals surface area contributed by atoms with Crippen molar-refractivity contribution in [3.63, 3.8) is 0 Å². The van der Waals surface area contributed by atoms with Gasteiger partial charge in [-0.3, -0.25) is 19.2 Å². The number of nitrogens with one attached hydrogen (secondary N) is 2. The van der Waals surface area contributed by atoms with Crippen LogP contribution in [0.3, 0.4) is 0 Å². The van der Waals surface area contributed by atoms with E-state index in [9.17, 15) is 34.2 Å². The van der Waals surface area contributed by atoms with E-state index in [1.807, 2.05) is 0 Å². The van der Waals surface area contributed by atoms with E-state index in [4.69, 9.17) is 11.5 Å². The van der Waals surface area contributed by atoms with E-state index in [1.54, 1.807) is 0 Å². The molecule has 8 N–H and O–H groups in total. The molecule has 2 saturated heterocycles. The van der Waals surface area contributed by atoms with Gasteiger partial charge in [0.2, 0.25) is 23.6 Å². The summed E-state index contributed by atoms with van der Waals surface area (Å²) in [6.45, 7) is 1.45. The Balaban J connectivity index is 2.01. The van der Waals surface area contributed by atoms with E-state index >= 15 is 0 Å². The fraction of sp³-hybridized carbons (Fsp3) is 0.750. The van der Waals surface area contributed by atoms with Crippen molar-refractivity contribution >= 4 is 29.6 Å². The Morgan fingerprint density at radius 1 is 1.00 bits per heavy atom. The summed E-state index contributed by atoms with van der Waals surface area (Å²) in [6, 6.07) is -5.00. The summed E-state index contributed by atoms with van der Waals surface area (Å²) in [6.07, 6.45) is 2.06. The molecule has 2 rings (SSSR count). The van der Waals surface area contributed by atoms with Gasteiger partial charge in [-0.05, 0) is 45.6 Å². The lowest BCUT2D eigenvalue weighted by molar-refractivity contribution is -0.152. The fourth-order valence-electron chi connectivity index (χ4n) is 4.14. The van der Waals surface area contributed by atoms with Crippen LogP contribution in [0.1, 0.15) is 39.0 Å². The third-order valence-corrected chi connectivity index (χ3v) is 6.01. The first-order valence-corrected chi connectivity index (χ1v) is 11.1. The van der Waals surface area contributed by atoms with Crippen LogP contribution >= 0.6 is 0 Å². The van der Waals surface area contributed by atoms with Crippen LogP contribution in [0.5, 0.6) is 0 Å². The molecule has 33 heavy (non-hydrogen) atoms. The standard InChI is InChI=1S/C20H34N6O7/c1-11(23-17(29)12(22)6-7-21)16(28)24-13(10-27)18(30)25-8-2-4-14(25)19(31)26-9-3-5-15(26)20(32)33/h11-15,27H,2-10,21-22H2,1H3,(H,23,29)(H,24,28)(H,32,33)/t11-,12-,13-,14+,15-/m0/s1. The van der Waals surface area contributed by atoms with Crippen molar-refractivity contribution in [2.75, 3.05) is 26.2 Å². The molecule has 0 aromatic heterocycles. The van der Waals surface area contributed by atoms with Crippen molar-refractivity contribution < 1.29 is 34.2 Å². The second-order valence-corrected chi connectivity index (χ2v) is 8.38. The number of hydrogen-bond acceptors (Lipinski definition) is 8. The van der Waals surface area contributed by atoms with Crippen LogP contribution in [0.4, 0.5) is 0 Å². The summed E-state index contributed by atoms with van der Waals surface area (Å²) in [5, 5.41) is 23.9. The number of aliphatic carboxylic acids is 1. The maximum absolute atomic E-state index is 13.0. The van der Waals surface area contributed by atoms with E-state index in [-0.39, 0.29) is 19.5 Å². The summed E-state index contributed by atoms with van der Waals surface area (Å²) in [5.74, 6) is -3.45. The summed E-state index contributed by atoms with van der Waals surface area (Å²) in [5.41, 5.74) is 11.0. The molecule has 2 fully saturated rings. The molecule has 2 aliphatic rings. The predicted molar refractivity (Wildman–Crippen MR) is 115 cm³/mol. The second-order valence-electron chi connectivity index (χ2n) is 8.38. The van der Waals surface area contributed by atoms with Gasteiger partial charge in [-0.1, -0.05) is 0 Å². The van der Waals surface area contributed by atoms with Gasteiger partial charge in [0, 0.05) is 13.1 Å². The van der Waals surface area contributed by atoms with Crippen molar-refractivity contribution in [2.45, 2.75) is 69.2 Å². The van der Waals surface area contributed by atoms with Crippen LogP contribution in [0.15, 0.2) is 0 Å². The Morgan fingerprint density at radius 3 is 2.18 bits per heavy atom. The van der Waals surface area contributed by atoms with Crippen LogP contribution in [0.25, 0.3) is 0 Å². The number of nitrogens with two attached hydrogens (primary N) is 2. The minimum Gasteiger partial charge on any atom is -0.480 e. The molecule has 4 amide bonds. The Hall–Kier alpha value is -2.77. The number of aliphatic hydroxyl groups excluding tert-OH is 1. The molecule has 2 aliphatic heterocycles. The van der Waals surface area contributed by atoms with Crippen LogP contribution < -0.4 is 22.1 Å². The molecule has 2 heterocycles. The van der Waals surface area contributed by atoms with E-state index < -0.39 is 66.4 Å². The molecular weight excluding hydrogens is 436 g/mol. The third-order valence-electron chi connectivity index (χ3n) is 6.01. The highest BCUT2D eigenvalue weighted by atomic mass is 16.4. The number of amides is 4. The number of carboxylic acids is 1. The Bertz CT molecular complexity index is 763. The number of likely N-dealkylation sites (tertiary alicyclic amines) is 2. The van der Waals surface area contributed by atoms with Crippen molar-refractivity contribution in [2.24, 2.45) is 11.5 Å². The van der Waals surface area contributed by atoms with Crippen molar-refractivity contribution in [1.82, 2.24) is 20.4 Å². The fourth-order valence-corrected chi connectivity index (χ4v) is 4.14. The smallest absolute Gasteiger partial charge is 0.326 e. The first-order valence-electron chi connectivity index (χ1n) is 11.1. The largest absolute Gasteiger partial charge is 0.480 e. The number of carboxylic acid groups (broad SMARTS) is 1. The summed E-state index contributed by atoms with van der Waals surface area (Å²) >= 11 is 0. The molecule has 0 aromatic carbocycles. The summed E-state index contributed by atoms with van der Waals surface area (Å²) in [4.78, 5) is 64.5. The normalized spacial score (nSPS) is 23.0. The zero-order valence-corrected chi connectivity index (χ0v) is 18.7. The van der Waals surface area contributed by atoms with E-state index in [0.29, 0.717) is 32.2 Å². The lowest BCUT2D eigenvalue weighted by Gasteiger charge is -2.32. The third kappa shape index (κ3) is 6.39.